The van der Waals surface area contributed by atoms with E-state index in [0.29, 0.717) is 48.4 Å². The lowest BCUT2D eigenvalue weighted by Crippen LogP contribution is -2.52. The molecule has 0 spiro atoms. The van der Waals surface area contributed by atoms with Gasteiger partial charge in [0.05, 0.1) is 18.8 Å². The van der Waals surface area contributed by atoms with Gasteiger partial charge in [-0.15, -0.1) is 0 Å². The first-order valence-electron chi connectivity index (χ1n) is 19.8. The van der Waals surface area contributed by atoms with E-state index in [4.69, 9.17) is 9.47 Å². The number of hydrogen-bond donors (Lipinski definition) is 2. The molecule has 0 bridgehead atoms. The molecule has 3 amide bonds. The van der Waals surface area contributed by atoms with Crippen molar-refractivity contribution in [2.24, 2.45) is 0 Å². The first kappa shape index (κ1) is 40.1. The second-order valence-corrected chi connectivity index (χ2v) is 15.5. The lowest BCUT2D eigenvalue weighted by molar-refractivity contribution is -0.140. The number of benzene rings is 4. The Morgan fingerprint density at radius 1 is 0.847 bits per heavy atom. The Kier molecular flexibility index (Phi) is 11.2. The first-order chi connectivity index (χ1) is 28.3. The summed E-state index contributed by atoms with van der Waals surface area (Å²) in [6, 6.07) is 16.9. The van der Waals surface area contributed by atoms with Crippen molar-refractivity contribution in [2.45, 2.75) is 62.7 Å². The monoisotopic (exact) mass is 818 g/mol. The van der Waals surface area contributed by atoms with Gasteiger partial charge in [-0.3, -0.25) is 24.6 Å². The third-order valence-electron chi connectivity index (χ3n) is 11.8. The van der Waals surface area contributed by atoms with Crippen molar-refractivity contribution in [3.63, 3.8) is 0 Å². The largest absolute Gasteiger partial charge is 0.508 e. The number of nitrogens with one attached hydrogen (secondary N) is 1. The summed E-state index contributed by atoms with van der Waals surface area (Å²) in [4.78, 5) is 43.3. The van der Waals surface area contributed by atoms with Crippen LogP contribution >= 0.6 is 0 Å². The van der Waals surface area contributed by atoms with E-state index in [1.165, 1.54) is 30.3 Å². The zero-order chi connectivity index (χ0) is 41.4. The number of anilines is 1. The summed E-state index contributed by atoms with van der Waals surface area (Å²) in [5, 5.41) is 12.4. The maximum atomic E-state index is 15.6. The van der Waals surface area contributed by atoms with Crippen LogP contribution in [-0.2, 0) is 22.3 Å². The van der Waals surface area contributed by atoms with Gasteiger partial charge in [-0.1, -0.05) is 18.2 Å². The van der Waals surface area contributed by atoms with Crippen LogP contribution in [0.4, 0.5) is 27.6 Å². The van der Waals surface area contributed by atoms with Crippen molar-refractivity contribution in [3.8, 4) is 17.2 Å². The fourth-order valence-corrected chi connectivity index (χ4v) is 8.70. The summed E-state index contributed by atoms with van der Waals surface area (Å²) in [6.07, 6.45) is -1.86. The number of unbranched alkanes of at least 4 members (excludes halogenated alkanes) is 2. The molecule has 4 aromatic rings. The van der Waals surface area contributed by atoms with Crippen molar-refractivity contribution in [3.05, 3.63) is 118 Å². The minimum absolute atomic E-state index is 0.0557. The molecule has 0 aliphatic carbocycles. The van der Waals surface area contributed by atoms with Crippen LogP contribution in [0.2, 0.25) is 0 Å². The molecule has 3 atom stereocenters. The van der Waals surface area contributed by atoms with Crippen molar-refractivity contribution in [1.29, 1.82) is 0 Å². The number of fused-ring (bicyclic) bond motifs is 2. The molecule has 2 unspecified atom stereocenters. The number of piperidine rings is 1. The minimum Gasteiger partial charge on any atom is -0.508 e. The lowest BCUT2D eigenvalue weighted by atomic mass is 9.75. The third-order valence-corrected chi connectivity index (χ3v) is 11.8. The molecule has 15 heteroatoms. The predicted molar refractivity (Wildman–Crippen MR) is 206 cm³/mol. The number of phenols is 1. The maximum Gasteiger partial charge on any atom is 0.419 e. The summed E-state index contributed by atoms with van der Waals surface area (Å²) >= 11 is 0. The fraction of sp³-hybridized carbons (Fsp3) is 0.386. The number of piperazine rings is 1. The zero-order valence-electron chi connectivity index (χ0n) is 32.1. The molecule has 2 N–H and O–H groups in total. The van der Waals surface area contributed by atoms with Crippen LogP contribution in [0.25, 0.3) is 0 Å². The molecule has 10 nitrogen and oxygen atoms in total. The van der Waals surface area contributed by atoms with E-state index in [-0.39, 0.29) is 41.9 Å². The number of ether oxygens (including phenoxy) is 2. The van der Waals surface area contributed by atoms with E-state index in [0.717, 1.165) is 68.9 Å². The number of carbonyl (C=O) groups is 3. The SMILES string of the molecule is O=C1CC[C@@H](N2Cc3cc(N4CCN(CCCCCOc5ccc(C6c7ccc(O)cc7OCC6c6ccc(F)c(C(F)(F)F)c6)cc5F)CC4)ccc3C2=O)C(=O)N1. The van der Waals surface area contributed by atoms with Crippen LogP contribution in [0.1, 0.15) is 82.1 Å². The van der Waals surface area contributed by atoms with E-state index in [1.807, 2.05) is 18.2 Å². The predicted octanol–water partition coefficient (Wildman–Crippen LogP) is 7.13. The number of imide groups is 1. The normalized spacial score (nSPS) is 20.9. The van der Waals surface area contributed by atoms with E-state index >= 15 is 4.39 Å². The maximum absolute atomic E-state index is 15.6. The Hall–Kier alpha value is -5.70. The molecule has 8 rings (SSSR count). The van der Waals surface area contributed by atoms with Crippen molar-refractivity contribution < 1.29 is 50.9 Å². The Balaban J connectivity index is 0.815. The van der Waals surface area contributed by atoms with Crippen LogP contribution in [0, 0.1) is 11.6 Å². The van der Waals surface area contributed by atoms with Crippen LogP contribution in [0.15, 0.2) is 72.8 Å². The fourth-order valence-electron chi connectivity index (χ4n) is 8.70. The number of aromatic hydroxyl groups is 1. The number of amides is 3. The minimum atomic E-state index is -4.90. The smallest absolute Gasteiger partial charge is 0.419 e. The Morgan fingerprint density at radius 3 is 2.41 bits per heavy atom. The highest BCUT2D eigenvalue weighted by molar-refractivity contribution is 6.05. The van der Waals surface area contributed by atoms with Crippen LogP contribution < -0.4 is 19.7 Å². The van der Waals surface area contributed by atoms with Gasteiger partial charge in [0.1, 0.15) is 23.4 Å². The zero-order valence-corrected chi connectivity index (χ0v) is 32.1. The molecule has 0 radical (unpaired) electrons. The molecule has 4 aliphatic rings. The van der Waals surface area contributed by atoms with E-state index in [1.54, 1.807) is 17.0 Å². The summed E-state index contributed by atoms with van der Waals surface area (Å²) in [6.45, 7) is 4.85. The number of rotatable bonds is 11. The number of carbonyl (C=O) groups excluding carboxylic acids is 3. The van der Waals surface area contributed by atoms with Gasteiger partial charge in [0.2, 0.25) is 11.8 Å². The molecule has 4 aliphatic heterocycles. The Labute approximate surface area is 337 Å². The Morgan fingerprint density at radius 2 is 1.64 bits per heavy atom. The lowest BCUT2D eigenvalue weighted by Gasteiger charge is -2.36. The average molecular weight is 819 g/mol. The van der Waals surface area contributed by atoms with Gasteiger partial charge in [0.25, 0.3) is 5.91 Å². The number of hydrogen-bond acceptors (Lipinski definition) is 8. The van der Waals surface area contributed by atoms with Gasteiger partial charge in [-0.25, -0.2) is 8.78 Å². The first-order valence-corrected chi connectivity index (χ1v) is 19.8. The second kappa shape index (κ2) is 16.5. The van der Waals surface area contributed by atoms with Crippen LogP contribution in [0.5, 0.6) is 17.2 Å². The van der Waals surface area contributed by atoms with Gasteiger partial charge in [0, 0.05) is 73.9 Å². The van der Waals surface area contributed by atoms with Gasteiger partial charge >= 0.3 is 6.18 Å². The molecular formula is C44H43F5N4O6. The molecular weight excluding hydrogens is 775 g/mol. The quantitative estimate of drug-likeness (QED) is 0.0936. The standard InChI is InChI=1S/C44H43F5N4O6/c45-35-10-4-26(21-34(35)44(47,48)49)33-25-59-39-23-30(54)7-9-32(39)41(33)27-5-12-38(36(46)22-27)58-19-3-1-2-14-51-15-17-52(18-16-51)29-6-8-31-28(20-29)24-53(43(31)57)37-11-13-40(55)50-42(37)56/h4-10,12,20-23,33,37,41,54H,1-3,11,13-19,24-25H2,(H,50,55,56)/t33?,37-,41?/m1/s1. The molecule has 4 aromatic carbocycles. The van der Waals surface area contributed by atoms with E-state index < -0.39 is 47.2 Å². The molecule has 4 heterocycles. The summed E-state index contributed by atoms with van der Waals surface area (Å²) < 4.78 is 82.3. The highest BCUT2D eigenvalue weighted by Gasteiger charge is 2.40. The van der Waals surface area contributed by atoms with Gasteiger partial charge in [-0.2, -0.15) is 13.2 Å². The summed E-state index contributed by atoms with van der Waals surface area (Å²) in [7, 11) is 0. The molecule has 59 heavy (non-hydrogen) atoms. The molecule has 0 aromatic heterocycles. The number of nitrogens with zero attached hydrogens (tertiary/aromatic N) is 3. The topological polar surface area (TPSA) is 112 Å². The highest BCUT2D eigenvalue weighted by Crippen LogP contribution is 2.48. The number of alkyl halides is 3. The van der Waals surface area contributed by atoms with Crippen molar-refractivity contribution in [1.82, 2.24) is 15.1 Å². The summed E-state index contributed by atoms with van der Waals surface area (Å²) in [5.41, 5.74) is 2.32. The van der Waals surface area contributed by atoms with Crippen LogP contribution in [0.3, 0.4) is 0 Å². The number of phenolic OH excluding ortho intramolecular Hbond substituents is 1. The van der Waals surface area contributed by atoms with Gasteiger partial charge in [-0.05, 0) is 97.4 Å². The van der Waals surface area contributed by atoms with Crippen molar-refractivity contribution in [2.75, 3.05) is 50.8 Å². The molecule has 2 fully saturated rings. The van der Waals surface area contributed by atoms with Crippen LogP contribution in [-0.4, -0.2) is 84.6 Å². The van der Waals surface area contributed by atoms with Crippen molar-refractivity contribution >= 4 is 23.4 Å². The Bertz CT molecular complexity index is 2260. The average Bonchev–Trinajstić information content (AvgIpc) is 3.53. The van der Waals surface area contributed by atoms with Gasteiger partial charge < -0.3 is 24.4 Å². The van der Waals surface area contributed by atoms with E-state index in [2.05, 4.69) is 15.1 Å². The summed E-state index contributed by atoms with van der Waals surface area (Å²) in [5.74, 6) is -3.99. The highest BCUT2D eigenvalue weighted by atomic mass is 19.4. The van der Waals surface area contributed by atoms with Gasteiger partial charge in [0.15, 0.2) is 11.6 Å². The second-order valence-electron chi connectivity index (χ2n) is 15.5. The molecule has 0 saturated carbocycles. The third kappa shape index (κ3) is 8.43. The molecule has 310 valence electrons. The van der Waals surface area contributed by atoms with E-state index in [9.17, 15) is 37.1 Å². The molecule has 2 saturated heterocycles. The number of halogens is 5.